The van der Waals surface area contributed by atoms with Gasteiger partial charge in [-0.3, -0.25) is 4.99 Å². The van der Waals surface area contributed by atoms with Gasteiger partial charge in [-0.25, -0.2) is 0 Å². The van der Waals surface area contributed by atoms with Crippen LogP contribution in [-0.2, 0) is 0 Å². The van der Waals surface area contributed by atoms with Crippen LogP contribution < -0.4 is 15.5 Å². The maximum atomic E-state index is 4.38. The van der Waals surface area contributed by atoms with Crippen LogP contribution in [0.25, 0.3) is 0 Å². The lowest BCUT2D eigenvalue weighted by Crippen LogP contribution is -2.41. The van der Waals surface area contributed by atoms with Crippen molar-refractivity contribution >= 4 is 35.6 Å². The van der Waals surface area contributed by atoms with E-state index in [9.17, 15) is 0 Å². The third-order valence-corrected chi connectivity index (χ3v) is 5.56. The second kappa shape index (κ2) is 11.7. The van der Waals surface area contributed by atoms with Crippen LogP contribution in [0.5, 0.6) is 0 Å². The molecule has 0 radical (unpaired) electrons. The number of benzene rings is 1. The molecule has 152 valence electrons. The van der Waals surface area contributed by atoms with Gasteiger partial charge in [-0.2, -0.15) is 0 Å². The molecule has 2 fully saturated rings. The van der Waals surface area contributed by atoms with Crippen molar-refractivity contribution in [1.82, 2.24) is 15.5 Å². The summed E-state index contributed by atoms with van der Waals surface area (Å²) < 4.78 is 0. The van der Waals surface area contributed by atoms with Crippen molar-refractivity contribution < 1.29 is 0 Å². The Hall–Kier alpha value is -1.02. The number of likely N-dealkylation sites (tertiary alicyclic amines) is 1. The van der Waals surface area contributed by atoms with Crippen LogP contribution in [0.4, 0.5) is 5.69 Å². The molecule has 1 aromatic rings. The number of para-hydroxylation sites is 1. The Morgan fingerprint density at radius 2 is 1.96 bits per heavy atom. The van der Waals surface area contributed by atoms with E-state index in [1.54, 1.807) is 0 Å². The summed E-state index contributed by atoms with van der Waals surface area (Å²) in [6.07, 6.45) is 5.26. The molecule has 1 atom stereocenters. The summed E-state index contributed by atoms with van der Waals surface area (Å²) in [4.78, 5) is 9.47. The van der Waals surface area contributed by atoms with Gasteiger partial charge >= 0.3 is 0 Å². The molecular weight excluding hydrogens is 449 g/mol. The maximum Gasteiger partial charge on any atom is 0.190 e. The second-order valence-electron chi connectivity index (χ2n) is 7.53. The quantitative estimate of drug-likeness (QED) is 0.244. The van der Waals surface area contributed by atoms with Gasteiger partial charge in [0, 0.05) is 51.5 Å². The Morgan fingerprint density at radius 1 is 1.19 bits per heavy atom. The molecule has 1 unspecified atom stereocenters. The number of nitrogens with one attached hydrogen (secondary N) is 2. The number of hydrogen-bond donors (Lipinski definition) is 2. The van der Waals surface area contributed by atoms with E-state index >= 15 is 0 Å². The molecule has 2 N–H and O–H groups in total. The highest BCUT2D eigenvalue weighted by Crippen LogP contribution is 2.31. The minimum atomic E-state index is 0. The maximum absolute atomic E-state index is 4.38. The zero-order chi connectivity index (χ0) is 18.2. The van der Waals surface area contributed by atoms with Gasteiger partial charge in [-0.1, -0.05) is 18.2 Å². The van der Waals surface area contributed by atoms with E-state index in [4.69, 9.17) is 0 Å². The van der Waals surface area contributed by atoms with Crippen LogP contribution in [0, 0.1) is 5.92 Å². The van der Waals surface area contributed by atoms with Gasteiger partial charge in [0.15, 0.2) is 5.96 Å². The SMILES string of the molecule is CCN(CCCNC(=NC)NCC1CCN(C2CC2)C1)c1ccccc1.I. The van der Waals surface area contributed by atoms with Gasteiger partial charge in [-0.05, 0) is 57.2 Å². The first-order valence-corrected chi connectivity index (χ1v) is 10.3. The first-order chi connectivity index (χ1) is 12.8. The second-order valence-corrected chi connectivity index (χ2v) is 7.53. The fraction of sp³-hybridized carbons (Fsp3) is 0.667. The van der Waals surface area contributed by atoms with Crippen LogP contribution >= 0.6 is 24.0 Å². The van der Waals surface area contributed by atoms with Crippen molar-refractivity contribution in [2.24, 2.45) is 10.9 Å². The fourth-order valence-electron chi connectivity index (χ4n) is 3.85. The molecule has 2 aliphatic rings. The molecule has 0 amide bonds. The molecule has 3 rings (SSSR count). The van der Waals surface area contributed by atoms with Crippen LogP contribution in [0.15, 0.2) is 35.3 Å². The van der Waals surface area contributed by atoms with Crippen LogP contribution in [0.3, 0.4) is 0 Å². The molecule has 1 aliphatic heterocycles. The molecule has 5 nitrogen and oxygen atoms in total. The minimum Gasteiger partial charge on any atom is -0.372 e. The number of hydrogen-bond acceptors (Lipinski definition) is 3. The van der Waals surface area contributed by atoms with E-state index < -0.39 is 0 Å². The average Bonchev–Trinajstić information content (AvgIpc) is 3.43. The molecule has 6 heteroatoms. The Bertz CT molecular complexity index is 561. The van der Waals surface area contributed by atoms with E-state index in [0.29, 0.717) is 0 Å². The van der Waals surface area contributed by atoms with Gasteiger partial charge in [0.2, 0.25) is 0 Å². The summed E-state index contributed by atoms with van der Waals surface area (Å²) in [6, 6.07) is 11.6. The van der Waals surface area contributed by atoms with Crippen molar-refractivity contribution in [2.75, 3.05) is 51.2 Å². The smallest absolute Gasteiger partial charge is 0.190 e. The van der Waals surface area contributed by atoms with Gasteiger partial charge in [0.25, 0.3) is 0 Å². The zero-order valence-corrected chi connectivity index (χ0v) is 19.2. The van der Waals surface area contributed by atoms with Gasteiger partial charge in [0.05, 0.1) is 0 Å². The van der Waals surface area contributed by atoms with Gasteiger partial charge in [0.1, 0.15) is 0 Å². The summed E-state index contributed by atoms with van der Waals surface area (Å²) in [5.74, 6) is 1.71. The molecule has 1 heterocycles. The molecule has 1 saturated carbocycles. The molecule has 0 spiro atoms. The van der Waals surface area contributed by atoms with E-state index in [2.05, 4.69) is 62.7 Å². The highest BCUT2D eigenvalue weighted by Gasteiger charge is 2.34. The van der Waals surface area contributed by atoms with Crippen molar-refractivity contribution in [1.29, 1.82) is 0 Å². The van der Waals surface area contributed by atoms with E-state index in [1.165, 1.54) is 38.0 Å². The molecule has 27 heavy (non-hydrogen) atoms. The number of halogens is 1. The third-order valence-electron chi connectivity index (χ3n) is 5.56. The summed E-state index contributed by atoms with van der Waals surface area (Å²) in [6.45, 7) is 8.84. The number of aliphatic imine (C=N–C) groups is 1. The Labute approximate surface area is 182 Å². The molecule has 0 bridgehead atoms. The summed E-state index contributed by atoms with van der Waals surface area (Å²) in [7, 11) is 1.86. The monoisotopic (exact) mass is 485 g/mol. The normalized spacial score (nSPS) is 20.2. The first-order valence-electron chi connectivity index (χ1n) is 10.3. The lowest BCUT2D eigenvalue weighted by atomic mass is 10.1. The molecule has 1 aliphatic carbocycles. The number of anilines is 1. The van der Waals surface area contributed by atoms with E-state index in [-0.39, 0.29) is 24.0 Å². The average molecular weight is 485 g/mol. The number of guanidine groups is 1. The van der Waals surface area contributed by atoms with Crippen LogP contribution in [0.2, 0.25) is 0 Å². The van der Waals surface area contributed by atoms with Gasteiger partial charge in [-0.15, -0.1) is 24.0 Å². The molecule has 1 saturated heterocycles. The lowest BCUT2D eigenvalue weighted by Gasteiger charge is -2.23. The topological polar surface area (TPSA) is 42.9 Å². The van der Waals surface area contributed by atoms with Crippen molar-refractivity contribution in [3.63, 3.8) is 0 Å². The highest BCUT2D eigenvalue weighted by molar-refractivity contribution is 14.0. The molecular formula is C21H36IN5. The number of rotatable bonds is 9. The van der Waals surface area contributed by atoms with Crippen LogP contribution in [-0.4, -0.2) is 63.2 Å². The largest absolute Gasteiger partial charge is 0.372 e. The predicted molar refractivity (Wildman–Crippen MR) is 126 cm³/mol. The zero-order valence-electron chi connectivity index (χ0n) is 16.9. The molecule has 0 aromatic heterocycles. The fourth-order valence-corrected chi connectivity index (χ4v) is 3.85. The van der Waals surface area contributed by atoms with Crippen molar-refractivity contribution in [3.8, 4) is 0 Å². The minimum absolute atomic E-state index is 0. The van der Waals surface area contributed by atoms with Crippen molar-refractivity contribution in [2.45, 2.75) is 38.6 Å². The van der Waals surface area contributed by atoms with Crippen LogP contribution in [0.1, 0.15) is 32.6 Å². The Kier molecular flexibility index (Phi) is 9.68. The third kappa shape index (κ3) is 7.14. The first kappa shape index (κ1) is 22.3. The standard InChI is InChI=1S/C21H35N5.HI/c1-3-25(19-8-5-4-6-9-19)14-7-13-23-21(22-2)24-16-18-12-15-26(17-18)20-10-11-20;/h4-6,8-9,18,20H,3,7,10-17H2,1-2H3,(H2,22,23,24);1H. The van der Waals surface area contributed by atoms with Crippen molar-refractivity contribution in [3.05, 3.63) is 30.3 Å². The number of nitrogens with zero attached hydrogens (tertiary/aromatic N) is 3. The van der Waals surface area contributed by atoms with E-state index in [0.717, 1.165) is 50.5 Å². The Balaban J connectivity index is 0.00000261. The van der Waals surface area contributed by atoms with E-state index in [1.807, 2.05) is 7.05 Å². The summed E-state index contributed by atoms with van der Waals surface area (Å²) in [5, 5.41) is 6.99. The van der Waals surface area contributed by atoms with Gasteiger partial charge < -0.3 is 20.4 Å². The Morgan fingerprint density at radius 3 is 2.63 bits per heavy atom. The lowest BCUT2D eigenvalue weighted by molar-refractivity contribution is 0.314. The summed E-state index contributed by atoms with van der Waals surface area (Å²) in [5.41, 5.74) is 1.30. The predicted octanol–water partition coefficient (Wildman–Crippen LogP) is 3.17. The molecule has 1 aromatic carbocycles. The summed E-state index contributed by atoms with van der Waals surface area (Å²) >= 11 is 0. The highest BCUT2D eigenvalue weighted by atomic mass is 127.